The molecule has 0 spiro atoms. The van der Waals surface area contributed by atoms with E-state index in [0.717, 1.165) is 24.8 Å². The molecule has 0 saturated carbocycles. The van der Waals surface area contributed by atoms with E-state index in [0.29, 0.717) is 12.3 Å². The first-order valence-corrected chi connectivity index (χ1v) is 4.94. The third kappa shape index (κ3) is 3.09. The van der Waals surface area contributed by atoms with Crippen LogP contribution in [0.1, 0.15) is 18.4 Å². The van der Waals surface area contributed by atoms with Gasteiger partial charge in [-0.3, -0.25) is 0 Å². The van der Waals surface area contributed by atoms with Crippen molar-refractivity contribution in [2.45, 2.75) is 19.3 Å². The van der Waals surface area contributed by atoms with Crippen LogP contribution in [0.5, 0.6) is 11.5 Å². The van der Waals surface area contributed by atoms with Gasteiger partial charge in [0.15, 0.2) is 11.6 Å². The fourth-order valence-corrected chi connectivity index (χ4v) is 1.43. The van der Waals surface area contributed by atoms with Gasteiger partial charge in [-0.25, -0.2) is 4.39 Å². The van der Waals surface area contributed by atoms with Crippen molar-refractivity contribution in [1.29, 1.82) is 0 Å². The molecule has 84 valence electrons. The van der Waals surface area contributed by atoms with Crippen molar-refractivity contribution < 1.29 is 14.2 Å². The SMILES string of the molecule is COc1cc(F)c(O)cc1CCCCN. The van der Waals surface area contributed by atoms with Gasteiger partial charge in [0, 0.05) is 6.07 Å². The second-order valence-electron chi connectivity index (χ2n) is 3.36. The maximum absolute atomic E-state index is 13.0. The molecule has 0 amide bonds. The Labute approximate surface area is 88.7 Å². The van der Waals surface area contributed by atoms with E-state index >= 15 is 0 Å². The zero-order chi connectivity index (χ0) is 11.3. The highest BCUT2D eigenvalue weighted by molar-refractivity contribution is 5.40. The molecule has 0 atom stereocenters. The molecule has 0 aliphatic rings. The minimum absolute atomic E-state index is 0.335. The summed E-state index contributed by atoms with van der Waals surface area (Å²) in [4.78, 5) is 0. The molecule has 4 heteroatoms. The summed E-state index contributed by atoms with van der Waals surface area (Å²) >= 11 is 0. The first kappa shape index (κ1) is 11.8. The van der Waals surface area contributed by atoms with Crippen LogP contribution in [0, 0.1) is 5.82 Å². The van der Waals surface area contributed by atoms with Crippen LogP contribution < -0.4 is 10.5 Å². The van der Waals surface area contributed by atoms with Gasteiger partial charge in [0.25, 0.3) is 0 Å². The van der Waals surface area contributed by atoms with Crippen LogP contribution in [0.25, 0.3) is 0 Å². The topological polar surface area (TPSA) is 55.5 Å². The monoisotopic (exact) mass is 213 g/mol. The van der Waals surface area contributed by atoms with Crippen LogP contribution in [0.15, 0.2) is 12.1 Å². The lowest BCUT2D eigenvalue weighted by Crippen LogP contribution is -2.00. The minimum atomic E-state index is -0.658. The van der Waals surface area contributed by atoms with E-state index in [2.05, 4.69) is 0 Å². The molecular weight excluding hydrogens is 197 g/mol. The number of ether oxygens (including phenoxy) is 1. The average molecular weight is 213 g/mol. The first-order chi connectivity index (χ1) is 7.19. The standard InChI is InChI=1S/C11H16FNO2/c1-15-11-7-9(12)10(14)6-8(11)4-2-3-5-13/h6-7,14H,2-5,13H2,1H3. The minimum Gasteiger partial charge on any atom is -0.505 e. The molecule has 0 unspecified atom stereocenters. The molecule has 3 nitrogen and oxygen atoms in total. The van der Waals surface area contributed by atoms with Crippen molar-refractivity contribution in [3.63, 3.8) is 0 Å². The molecule has 1 rings (SSSR count). The lowest BCUT2D eigenvalue weighted by atomic mass is 10.1. The maximum atomic E-state index is 13.0. The highest BCUT2D eigenvalue weighted by Gasteiger charge is 2.09. The molecule has 0 aliphatic carbocycles. The van der Waals surface area contributed by atoms with Gasteiger partial charge < -0.3 is 15.6 Å². The zero-order valence-electron chi connectivity index (χ0n) is 8.79. The van der Waals surface area contributed by atoms with Crippen LogP contribution in [-0.2, 0) is 6.42 Å². The normalized spacial score (nSPS) is 10.3. The number of benzene rings is 1. The van der Waals surface area contributed by atoms with Crippen molar-refractivity contribution in [3.05, 3.63) is 23.5 Å². The Morgan fingerprint density at radius 2 is 2.13 bits per heavy atom. The molecular formula is C11H16FNO2. The summed E-state index contributed by atoms with van der Waals surface area (Å²) in [5.41, 5.74) is 6.19. The number of hydrogen-bond donors (Lipinski definition) is 2. The van der Waals surface area contributed by atoms with E-state index < -0.39 is 5.82 Å². The van der Waals surface area contributed by atoms with Gasteiger partial charge in [0.05, 0.1) is 7.11 Å². The fourth-order valence-electron chi connectivity index (χ4n) is 1.43. The van der Waals surface area contributed by atoms with Crippen molar-refractivity contribution in [1.82, 2.24) is 0 Å². The van der Waals surface area contributed by atoms with E-state index in [1.807, 2.05) is 0 Å². The Morgan fingerprint density at radius 3 is 2.73 bits per heavy atom. The van der Waals surface area contributed by atoms with E-state index in [-0.39, 0.29) is 5.75 Å². The largest absolute Gasteiger partial charge is 0.505 e. The number of aryl methyl sites for hydroxylation is 1. The number of phenolic OH excluding ortho intramolecular Hbond substituents is 1. The molecule has 0 heterocycles. The molecule has 0 fully saturated rings. The van der Waals surface area contributed by atoms with Crippen LogP contribution in [-0.4, -0.2) is 18.8 Å². The second-order valence-corrected chi connectivity index (χ2v) is 3.36. The number of halogens is 1. The smallest absolute Gasteiger partial charge is 0.168 e. The fraction of sp³-hybridized carbons (Fsp3) is 0.455. The van der Waals surface area contributed by atoms with Crippen LogP contribution in [0.2, 0.25) is 0 Å². The predicted molar refractivity (Wildman–Crippen MR) is 56.6 cm³/mol. The first-order valence-electron chi connectivity index (χ1n) is 4.94. The molecule has 0 bridgehead atoms. The van der Waals surface area contributed by atoms with Crippen LogP contribution in [0.4, 0.5) is 4.39 Å². The summed E-state index contributed by atoms with van der Waals surface area (Å²) in [6.07, 6.45) is 2.54. The van der Waals surface area contributed by atoms with Crippen molar-refractivity contribution in [2.24, 2.45) is 5.73 Å². The number of aromatic hydroxyl groups is 1. The van der Waals surface area contributed by atoms with Crippen LogP contribution >= 0.6 is 0 Å². The van der Waals surface area contributed by atoms with Crippen molar-refractivity contribution in [3.8, 4) is 11.5 Å². The summed E-state index contributed by atoms with van der Waals surface area (Å²) in [7, 11) is 1.48. The lowest BCUT2D eigenvalue weighted by Gasteiger charge is -2.09. The van der Waals surface area contributed by atoms with Gasteiger partial charge in [-0.15, -0.1) is 0 Å². The Bertz CT molecular complexity index is 329. The van der Waals surface area contributed by atoms with Gasteiger partial charge in [-0.1, -0.05) is 0 Å². The summed E-state index contributed by atoms with van der Waals surface area (Å²) in [5, 5.41) is 9.22. The summed E-state index contributed by atoms with van der Waals surface area (Å²) < 4.78 is 18.0. The number of methoxy groups -OCH3 is 1. The average Bonchev–Trinajstić information content (AvgIpc) is 2.23. The van der Waals surface area contributed by atoms with E-state index in [9.17, 15) is 9.50 Å². The number of unbranched alkanes of at least 4 members (excludes halogenated alkanes) is 1. The Hall–Kier alpha value is -1.29. The molecule has 3 N–H and O–H groups in total. The van der Waals surface area contributed by atoms with E-state index in [1.54, 1.807) is 0 Å². The second kappa shape index (κ2) is 5.56. The zero-order valence-corrected chi connectivity index (χ0v) is 8.79. The van der Waals surface area contributed by atoms with Crippen molar-refractivity contribution >= 4 is 0 Å². The quantitative estimate of drug-likeness (QED) is 0.733. The van der Waals surface area contributed by atoms with Gasteiger partial charge in [0.2, 0.25) is 0 Å². The Kier molecular flexibility index (Phi) is 4.37. The van der Waals surface area contributed by atoms with Gasteiger partial charge >= 0.3 is 0 Å². The number of nitrogens with two attached hydrogens (primary N) is 1. The van der Waals surface area contributed by atoms with E-state index in [4.69, 9.17) is 10.5 Å². The molecule has 0 saturated heterocycles. The van der Waals surface area contributed by atoms with Gasteiger partial charge in [-0.2, -0.15) is 0 Å². The molecule has 0 aliphatic heterocycles. The van der Waals surface area contributed by atoms with Gasteiger partial charge in [-0.05, 0) is 37.4 Å². The summed E-state index contributed by atoms with van der Waals surface area (Å²) in [5.74, 6) is -0.518. The van der Waals surface area contributed by atoms with Crippen LogP contribution in [0.3, 0.4) is 0 Å². The summed E-state index contributed by atoms with van der Waals surface area (Å²) in [6, 6.07) is 2.61. The molecule has 0 radical (unpaired) electrons. The third-order valence-electron chi connectivity index (χ3n) is 2.25. The summed E-state index contributed by atoms with van der Waals surface area (Å²) in [6.45, 7) is 0.634. The maximum Gasteiger partial charge on any atom is 0.168 e. The van der Waals surface area contributed by atoms with E-state index in [1.165, 1.54) is 19.2 Å². The number of rotatable bonds is 5. The number of hydrogen-bond acceptors (Lipinski definition) is 3. The Morgan fingerprint density at radius 1 is 1.40 bits per heavy atom. The molecule has 0 aromatic heterocycles. The lowest BCUT2D eigenvalue weighted by molar-refractivity contribution is 0.393. The highest BCUT2D eigenvalue weighted by atomic mass is 19.1. The molecule has 15 heavy (non-hydrogen) atoms. The third-order valence-corrected chi connectivity index (χ3v) is 2.25. The van der Waals surface area contributed by atoms with Gasteiger partial charge in [0.1, 0.15) is 5.75 Å². The van der Waals surface area contributed by atoms with Crippen molar-refractivity contribution in [2.75, 3.05) is 13.7 Å². The molecule has 1 aromatic carbocycles. The number of phenols is 1. The molecule has 1 aromatic rings. The Balaban J connectivity index is 2.80. The predicted octanol–water partition coefficient (Wildman–Crippen LogP) is 1.82. The highest BCUT2D eigenvalue weighted by Crippen LogP contribution is 2.27.